The van der Waals surface area contributed by atoms with Crippen molar-refractivity contribution in [2.45, 2.75) is 39.0 Å². The number of aromatic hydroxyl groups is 2. The maximum atomic E-state index is 9.68. The Morgan fingerprint density at radius 3 is 1.65 bits per heavy atom. The van der Waals surface area contributed by atoms with Crippen LogP contribution < -0.4 is 0 Å². The zero-order valence-electron chi connectivity index (χ0n) is 14.2. The van der Waals surface area contributed by atoms with Gasteiger partial charge in [0.2, 0.25) is 0 Å². The predicted molar refractivity (Wildman–Crippen MR) is 93.7 cm³/mol. The standard InChI is InChI=1S/C21H26O2/c1-14-12-15(2)16(3)21(13-14,17-4-8-19(22)9-5-17)18-6-10-20(23)11-7-18/h4-11,14-16,22-23H,12-13H2,1-3H3. The number of rotatable bonds is 2. The van der Waals surface area contributed by atoms with E-state index in [1.165, 1.54) is 17.5 Å². The number of phenolic OH excluding ortho intramolecular Hbond substituents is 2. The summed E-state index contributed by atoms with van der Waals surface area (Å²) in [6.07, 6.45) is 2.34. The molecule has 1 aliphatic rings. The highest BCUT2D eigenvalue weighted by Crippen LogP contribution is 2.52. The lowest BCUT2D eigenvalue weighted by Gasteiger charge is -2.49. The van der Waals surface area contributed by atoms with Crippen LogP contribution in [0.15, 0.2) is 48.5 Å². The molecule has 0 aliphatic heterocycles. The van der Waals surface area contributed by atoms with Gasteiger partial charge in [0.05, 0.1) is 0 Å². The Morgan fingerprint density at radius 2 is 1.22 bits per heavy atom. The molecule has 122 valence electrons. The van der Waals surface area contributed by atoms with E-state index in [0.29, 0.717) is 29.3 Å². The average Bonchev–Trinajstić information content (AvgIpc) is 2.52. The number of hydrogen-bond acceptors (Lipinski definition) is 2. The van der Waals surface area contributed by atoms with Gasteiger partial charge in [-0.15, -0.1) is 0 Å². The van der Waals surface area contributed by atoms with Crippen LogP contribution in [-0.4, -0.2) is 10.2 Å². The molecule has 0 aromatic heterocycles. The lowest BCUT2D eigenvalue weighted by molar-refractivity contribution is 0.129. The molecule has 2 N–H and O–H groups in total. The molecule has 1 aliphatic carbocycles. The molecule has 0 heterocycles. The third kappa shape index (κ3) is 2.71. The van der Waals surface area contributed by atoms with Gasteiger partial charge < -0.3 is 10.2 Å². The fourth-order valence-corrected chi connectivity index (χ4v) is 4.59. The molecule has 0 spiro atoms. The summed E-state index contributed by atoms with van der Waals surface area (Å²) in [6.45, 7) is 7.02. The topological polar surface area (TPSA) is 40.5 Å². The fraction of sp³-hybridized carbons (Fsp3) is 0.429. The summed E-state index contributed by atoms with van der Waals surface area (Å²) in [7, 11) is 0. The van der Waals surface area contributed by atoms with E-state index in [9.17, 15) is 10.2 Å². The molecule has 0 radical (unpaired) electrons. The van der Waals surface area contributed by atoms with E-state index in [4.69, 9.17) is 0 Å². The highest BCUT2D eigenvalue weighted by molar-refractivity contribution is 5.44. The summed E-state index contributed by atoms with van der Waals surface area (Å²) >= 11 is 0. The van der Waals surface area contributed by atoms with Crippen molar-refractivity contribution < 1.29 is 10.2 Å². The molecule has 0 amide bonds. The van der Waals surface area contributed by atoms with E-state index in [1.54, 1.807) is 24.3 Å². The summed E-state index contributed by atoms with van der Waals surface area (Å²) < 4.78 is 0. The van der Waals surface area contributed by atoms with Gasteiger partial charge in [-0.3, -0.25) is 0 Å². The molecule has 2 aromatic rings. The van der Waals surface area contributed by atoms with E-state index in [0.717, 1.165) is 6.42 Å². The first-order valence-electron chi connectivity index (χ1n) is 8.52. The van der Waals surface area contributed by atoms with Crippen LogP contribution in [0.5, 0.6) is 11.5 Å². The molecular formula is C21H26O2. The molecule has 1 saturated carbocycles. The van der Waals surface area contributed by atoms with E-state index in [1.807, 2.05) is 0 Å². The Morgan fingerprint density at radius 1 is 0.783 bits per heavy atom. The summed E-state index contributed by atoms with van der Waals surface area (Å²) in [5.74, 6) is 2.37. The van der Waals surface area contributed by atoms with Gasteiger partial charge in [-0.25, -0.2) is 0 Å². The molecule has 2 nitrogen and oxygen atoms in total. The molecule has 1 fully saturated rings. The zero-order chi connectivity index (χ0) is 16.6. The van der Waals surface area contributed by atoms with Gasteiger partial charge in [0.1, 0.15) is 11.5 Å². The molecule has 0 bridgehead atoms. The summed E-state index contributed by atoms with van der Waals surface area (Å²) in [4.78, 5) is 0. The van der Waals surface area contributed by atoms with Crippen molar-refractivity contribution in [2.75, 3.05) is 0 Å². The quantitative estimate of drug-likeness (QED) is 0.811. The zero-order valence-corrected chi connectivity index (χ0v) is 14.2. The second-order valence-electron chi connectivity index (χ2n) is 7.38. The minimum absolute atomic E-state index is 0.0709. The van der Waals surface area contributed by atoms with Crippen molar-refractivity contribution in [1.82, 2.24) is 0 Å². The van der Waals surface area contributed by atoms with Crippen LogP contribution in [0, 0.1) is 17.8 Å². The van der Waals surface area contributed by atoms with Crippen LogP contribution in [0.4, 0.5) is 0 Å². The van der Waals surface area contributed by atoms with Gasteiger partial charge in [0.15, 0.2) is 0 Å². The van der Waals surface area contributed by atoms with Crippen LogP contribution in [0.1, 0.15) is 44.7 Å². The summed E-state index contributed by atoms with van der Waals surface area (Å²) in [5, 5.41) is 19.4. The van der Waals surface area contributed by atoms with Crippen LogP contribution in [0.2, 0.25) is 0 Å². The number of phenols is 2. The first kappa shape index (κ1) is 15.9. The summed E-state index contributed by atoms with van der Waals surface area (Å²) in [5.41, 5.74) is 2.44. The van der Waals surface area contributed by atoms with Crippen molar-refractivity contribution in [3.8, 4) is 11.5 Å². The predicted octanol–water partition coefficient (Wildman–Crippen LogP) is 5.09. The van der Waals surface area contributed by atoms with Gasteiger partial charge >= 0.3 is 0 Å². The van der Waals surface area contributed by atoms with Crippen molar-refractivity contribution in [1.29, 1.82) is 0 Å². The van der Waals surface area contributed by atoms with Crippen molar-refractivity contribution in [2.24, 2.45) is 17.8 Å². The third-order valence-electron chi connectivity index (χ3n) is 5.84. The molecule has 3 rings (SSSR count). The first-order chi connectivity index (χ1) is 10.9. The average molecular weight is 310 g/mol. The van der Waals surface area contributed by atoms with E-state index >= 15 is 0 Å². The van der Waals surface area contributed by atoms with Crippen molar-refractivity contribution in [3.05, 3.63) is 59.7 Å². The Labute approximate surface area is 138 Å². The molecular weight excluding hydrogens is 284 g/mol. The Hall–Kier alpha value is -1.96. The van der Waals surface area contributed by atoms with E-state index in [2.05, 4.69) is 45.0 Å². The number of hydrogen-bond donors (Lipinski definition) is 2. The highest BCUT2D eigenvalue weighted by atomic mass is 16.3. The van der Waals surface area contributed by atoms with E-state index < -0.39 is 0 Å². The Kier molecular flexibility index (Phi) is 4.09. The Balaban J connectivity index is 2.19. The second kappa shape index (κ2) is 5.92. The maximum absolute atomic E-state index is 9.68. The van der Waals surface area contributed by atoms with Gasteiger partial charge in [-0.05, 0) is 66.0 Å². The summed E-state index contributed by atoms with van der Waals surface area (Å²) in [6, 6.07) is 15.4. The van der Waals surface area contributed by atoms with Gasteiger partial charge in [-0.1, -0.05) is 45.0 Å². The normalized spacial score (nSPS) is 26.8. The monoisotopic (exact) mass is 310 g/mol. The SMILES string of the molecule is CC1CC(C)C(C)C(c2ccc(O)cc2)(c2ccc(O)cc2)C1. The van der Waals surface area contributed by atoms with Crippen LogP contribution in [-0.2, 0) is 5.41 Å². The molecule has 2 aromatic carbocycles. The third-order valence-corrected chi connectivity index (χ3v) is 5.84. The largest absolute Gasteiger partial charge is 0.508 e. The van der Waals surface area contributed by atoms with Crippen LogP contribution in [0.3, 0.4) is 0 Å². The molecule has 3 unspecified atom stereocenters. The minimum atomic E-state index is -0.0709. The van der Waals surface area contributed by atoms with Gasteiger partial charge in [-0.2, -0.15) is 0 Å². The van der Waals surface area contributed by atoms with Gasteiger partial charge in [0, 0.05) is 5.41 Å². The van der Waals surface area contributed by atoms with Crippen LogP contribution in [0.25, 0.3) is 0 Å². The lowest BCUT2D eigenvalue weighted by Crippen LogP contribution is -2.44. The van der Waals surface area contributed by atoms with Gasteiger partial charge in [0.25, 0.3) is 0 Å². The smallest absolute Gasteiger partial charge is 0.115 e. The molecule has 0 saturated heterocycles. The minimum Gasteiger partial charge on any atom is -0.508 e. The maximum Gasteiger partial charge on any atom is 0.115 e. The molecule has 3 atom stereocenters. The Bertz CT molecular complexity index is 612. The molecule has 23 heavy (non-hydrogen) atoms. The number of benzene rings is 2. The van der Waals surface area contributed by atoms with Crippen molar-refractivity contribution >= 4 is 0 Å². The fourth-order valence-electron chi connectivity index (χ4n) is 4.59. The van der Waals surface area contributed by atoms with E-state index in [-0.39, 0.29) is 5.41 Å². The lowest BCUT2D eigenvalue weighted by atomic mass is 9.54. The highest BCUT2D eigenvalue weighted by Gasteiger charge is 2.46. The van der Waals surface area contributed by atoms with Crippen molar-refractivity contribution in [3.63, 3.8) is 0 Å². The molecule has 2 heteroatoms. The first-order valence-corrected chi connectivity index (χ1v) is 8.52. The van der Waals surface area contributed by atoms with Crippen LogP contribution >= 0.6 is 0 Å². The second-order valence-corrected chi connectivity index (χ2v) is 7.38.